The van der Waals surface area contributed by atoms with Crippen molar-refractivity contribution >= 4 is 21.1 Å². The molecule has 2 saturated carbocycles. The predicted octanol–water partition coefficient (Wildman–Crippen LogP) is 3.88. The summed E-state index contributed by atoms with van der Waals surface area (Å²) in [6, 6.07) is 5.31. The van der Waals surface area contributed by atoms with E-state index < -0.39 is 10.0 Å². The lowest BCUT2D eigenvalue weighted by atomic mass is 9.91. The largest absolute Gasteiger partial charge is 0.245 e. The zero-order chi connectivity index (χ0) is 17.3. The molecule has 2 fully saturated rings. The van der Waals surface area contributed by atoms with Crippen LogP contribution in [-0.4, -0.2) is 35.1 Å². The van der Waals surface area contributed by atoms with E-state index in [1.807, 2.05) is 4.31 Å². The van der Waals surface area contributed by atoms with E-state index in [4.69, 9.17) is 4.63 Å². The fourth-order valence-corrected chi connectivity index (χ4v) is 6.54. The summed E-state index contributed by atoms with van der Waals surface area (Å²) >= 11 is 0. The van der Waals surface area contributed by atoms with Gasteiger partial charge in [0.1, 0.15) is 10.4 Å². The van der Waals surface area contributed by atoms with E-state index >= 15 is 0 Å². The van der Waals surface area contributed by atoms with Crippen molar-refractivity contribution < 1.29 is 13.0 Å². The zero-order valence-corrected chi connectivity index (χ0v) is 15.2. The number of rotatable bonds is 4. The molecule has 0 bridgehead atoms. The summed E-state index contributed by atoms with van der Waals surface area (Å²) in [5.41, 5.74) is 0.840. The van der Waals surface area contributed by atoms with Gasteiger partial charge >= 0.3 is 0 Å². The van der Waals surface area contributed by atoms with Crippen molar-refractivity contribution in [3.63, 3.8) is 0 Å². The van der Waals surface area contributed by atoms with E-state index in [1.165, 1.54) is 12.8 Å². The molecule has 2 aromatic rings. The number of hydrogen-bond acceptors (Lipinski definition) is 5. The highest BCUT2D eigenvalue weighted by atomic mass is 32.2. The third-order valence-electron chi connectivity index (χ3n) is 5.67. The van der Waals surface area contributed by atoms with E-state index in [0.29, 0.717) is 11.0 Å². The minimum absolute atomic E-state index is 0.108. The number of aromatic nitrogens is 2. The molecule has 2 aliphatic carbocycles. The Bertz CT molecular complexity index is 803. The number of hydrogen-bond donors (Lipinski definition) is 0. The summed E-state index contributed by atoms with van der Waals surface area (Å²) in [5.74, 6) is 0. The van der Waals surface area contributed by atoms with Crippen molar-refractivity contribution in [3.05, 3.63) is 18.2 Å². The van der Waals surface area contributed by atoms with E-state index in [0.717, 1.165) is 51.4 Å². The molecule has 0 aliphatic heterocycles. The minimum Gasteiger partial charge on any atom is -0.243 e. The molecule has 0 atom stereocenters. The highest BCUT2D eigenvalue weighted by Gasteiger charge is 2.39. The van der Waals surface area contributed by atoms with Gasteiger partial charge in [-0.15, -0.1) is 0 Å². The molecule has 1 heterocycles. The van der Waals surface area contributed by atoms with E-state index in [1.54, 1.807) is 18.2 Å². The van der Waals surface area contributed by atoms with Crippen molar-refractivity contribution in [2.75, 3.05) is 0 Å². The Morgan fingerprint density at radius 1 is 0.880 bits per heavy atom. The molecule has 0 spiro atoms. The quantitative estimate of drug-likeness (QED) is 0.824. The van der Waals surface area contributed by atoms with Crippen molar-refractivity contribution in [1.82, 2.24) is 14.6 Å². The number of nitrogens with zero attached hydrogens (tertiary/aromatic N) is 3. The first kappa shape index (κ1) is 17.0. The molecule has 0 amide bonds. The van der Waals surface area contributed by atoms with Crippen LogP contribution in [0.1, 0.15) is 64.2 Å². The Kier molecular flexibility index (Phi) is 4.78. The van der Waals surface area contributed by atoms with Gasteiger partial charge in [0, 0.05) is 12.1 Å². The second-order valence-electron chi connectivity index (χ2n) is 7.31. The van der Waals surface area contributed by atoms with Crippen molar-refractivity contribution in [2.45, 2.75) is 81.2 Å². The molecule has 0 radical (unpaired) electrons. The molecule has 2 aliphatic rings. The summed E-state index contributed by atoms with van der Waals surface area (Å²) in [7, 11) is -3.63. The smallest absolute Gasteiger partial charge is 0.243 e. The molecule has 1 aromatic heterocycles. The first-order chi connectivity index (χ1) is 12.2. The second kappa shape index (κ2) is 7.03. The van der Waals surface area contributed by atoms with Crippen LogP contribution in [-0.2, 0) is 10.0 Å². The third kappa shape index (κ3) is 3.19. The number of fused-ring (bicyclic) bond motifs is 1. The average molecular weight is 363 g/mol. The monoisotopic (exact) mass is 363 g/mol. The molecule has 4 rings (SSSR count). The van der Waals surface area contributed by atoms with Crippen LogP contribution in [0.4, 0.5) is 0 Å². The second-order valence-corrected chi connectivity index (χ2v) is 9.12. The van der Waals surface area contributed by atoms with Gasteiger partial charge in [-0.1, -0.05) is 44.6 Å². The molecule has 136 valence electrons. The molecule has 0 unspecified atom stereocenters. The molecule has 0 N–H and O–H groups in total. The maximum atomic E-state index is 13.7. The van der Waals surface area contributed by atoms with Gasteiger partial charge in [-0.3, -0.25) is 0 Å². The van der Waals surface area contributed by atoms with Crippen LogP contribution in [0, 0.1) is 0 Å². The Labute approximate surface area is 148 Å². The van der Waals surface area contributed by atoms with Gasteiger partial charge in [-0.2, -0.15) is 4.31 Å². The maximum absolute atomic E-state index is 13.7. The summed E-state index contributed by atoms with van der Waals surface area (Å²) in [6.45, 7) is 0. The van der Waals surface area contributed by atoms with Crippen molar-refractivity contribution in [1.29, 1.82) is 0 Å². The molecule has 6 nitrogen and oxygen atoms in total. The standard InChI is InChI=1S/C18H25N3O3S/c22-25(23,17-13-7-12-16-18(17)20-24-19-16)21(14-8-3-1-4-9-14)15-10-5-2-6-11-15/h7,12-15H,1-6,8-11H2. The molecule has 0 saturated heterocycles. The van der Waals surface area contributed by atoms with Crippen LogP contribution in [0.3, 0.4) is 0 Å². The summed E-state index contributed by atoms with van der Waals surface area (Å²) < 4.78 is 33.9. The SMILES string of the molecule is O=S(=O)(c1cccc2nonc12)N(C1CCCCC1)C1CCCCC1. The molecular formula is C18H25N3O3S. The van der Waals surface area contributed by atoms with Gasteiger partial charge in [0.05, 0.1) is 0 Å². The lowest BCUT2D eigenvalue weighted by Gasteiger charge is -2.40. The molecule has 7 heteroatoms. The summed E-state index contributed by atoms with van der Waals surface area (Å²) in [6.07, 6.45) is 10.7. The topological polar surface area (TPSA) is 76.3 Å². The molecule has 1 aromatic carbocycles. The lowest BCUT2D eigenvalue weighted by Crippen LogP contribution is -2.48. The van der Waals surface area contributed by atoms with Gasteiger partial charge in [0.2, 0.25) is 10.0 Å². The van der Waals surface area contributed by atoms with E-state index in [2.05, 4.69) is 10.3 Å². The summed E-state index contributed by atoms with van der Waals surface area (Å²) in [5, 5.41) is 7.67. The van der Waals surface area contributed by atoms with Crippen molar-refractivity contribution in [2.24, 2.45) is 0 Å². The zero-order valence-electron chi connectivity index (χ0n) is 14.4. The van der Waals surface area contributed by atoms with Crippen LogP contribution in [0.2, 0.25) is 0 Å². The van der Waals surface area contributed by atoms with Gasteiger partial charge in [0.25, 0.3) is 0 Å². The summed E-state index contributed by atoms with van der Waals surface area (Å²) in [4.78, 5) is 0.238. The highest BCUT2D eigenvalue weighted by Crippen LogP contribution is 2.36. The fourth-order valence-electron chi connectivity index (χ4n) is 4.46. The minimum atomic E-state index is -3.63. The van der Waals surface area contributed by atoms with Crippen molar-refractivity contribution in [3.8, 4) is 0 Å². The van der Waals surface area contributed by atoms with Crippen LogP contribution < -0.4 is 0 Å². The average Bonchev–Trinajstić information content (AvgIpc) is 3.12. The normalized spacial score (nSPS) is 21.2. The Balaban J connectivity index is 1.77. The number of sulfonamides is 1. The Morgan fingerprint density at radius 3 is 2.08 bits per heavy atom. The Hall–Kier alpha value is -1.47. The number of benzene rings is 1. The van der Waals surface area contributed by atoms with Crippen LogP contribution >= 0.6 is 0 Å². The van der Waals surface area contributed by atoms with Crippen LogP contribution in [0.15, 0.2) is 27.7 Å². The van der Waals surface area contributed by atoms with Gasteiger partial charge < -0.3 is 0 Å². The van der Waals surface area contributed by atoms with Crippen LogP contribution in [0.25, 0.3) is 11.0 Å². The maximum Gasteiger partial charge on any atom is 0.245 e. The van der Waals surface area contributed by atoms with Gasteiger partial charge in [-0.25, -0.2) is 13.0 Å². The molecular weight excluding hydrogens is 338 g/mol. The van der Waals surface area contributed by atoms with Gasteiger partial charge in [-0.05, 0) is 48.1 Å². The molecule has 25 heavy (non-hydrogen) atoms. The predicted molar refractivity (Wildman–Crippen MR) is 94.6 cm³/mol. The lowest BCUT2D eigenvalue weighted by molar-refractivity contribution is 0.170. The fraction of sp³-hybridized carbons (Fsp3) is 0.667. The third-order valence-corrected chi connectivity index (χ3v) is 7.71. The van der Waals surface area contributed by atoms with E-state index in [9.17, 15) is 8.42 Å². The first-order valence-electron chi connectivity index (χ1n) is 9.43. The van der Waals surface area contributed by atoms with E-state index in [-0.39, 0.29) is 17.0 Å². The first-order valence-corrected chi connectivity index (χ1v) is 10.9. The Morgan fingerprint density at radius 2 is 1.48 bits per heavy atom. The van der Waals surface area contributed by atoms with Gasteiger partial charge in [0.15, 0.2) is 5.52 Å². The van der Waals surface area contributed by atoms with Crippen LogP contribution in [0.5, 0.6) is 0 Å². The highest BCUT2D eigenvalue weighted by molar-refractivity contribution is 7.89.